The van der Waals surface area contributed by atoms with Crippen LogP contribution in [0.3, 0.4) is 0 Å². The van der Waals surface area contributed by atoms with E-state index < -0.39 is 0 Å². The molecule has 1 aliphatic heterocycles. The summed E-state index contributed by atoms with van der Waals surface area (Å²) >= 11 is 7.73. The SMILES string of the molecule is CC.CC(=O)C1Sc2ccccc2C1Cl.CN.COc1ccc(-c2ccc(C(=O)N(C)C)cc2)cc1CCC1CCCCC1. The third kappa shape index (κ3) is 10.4. The number of benzene rings is 3. The highest BCUT2D eigenvalue weighted by atomic mass is 35.5. The van der Waals surface area contributed by atoms with E-state index in [-0.39, 0.29) is 22.3 Å². The van der Waals surface area contributed by atoms with Gasteiger partial charge in [-0.15, -0.1) is 23.4 Å². The molecule has 5 nitrogen and oxygen atoms in total. The number of rotatable bonds is 7. The molecule has 0 bridgehead atoms. The summed E-state index contributed by atoms with van der Waals surface area (Å²) in [4.78, 5) is 26.0. The van der Waals surface area contributed by atoms with Crippen molar-refractivity contribution in [1.82, 2.24) is 4.90 Å². The highest BCUT2D eigenvalue weighted by molar-refractivity contribution is 8.01. The van der Waals surface area contributed by atoms with Gasteiger partial charge in [-0.1, -0.05) is 82.3 Å². The standard InChI is InChI=1S/C24H31NO2.C10H9ClOS.C2H6.CH5N/c1-25(2)24(26)20-13-11-19(12-14-20)21-15-16-23(27-3)22(17-21)10-9-18-7-5-4-6-8-18;1-6(12)10-9(11)7-4-2-3-5-8(7)13-10;2*1-2/h11-18H,4-10H2,1-3H3;2-5,9-10H,1H3;1-2H3;2H2,1H3. The van der Waals surface area contributed by atoms with Crippen molar-refractivity contribution in [3.8, 4) is 16.9 Å². The topological polar surface area (TPSA) is 72.6 Å². The number of alkyl halides is 1. The van der Waals surface area contributed by atoms with Crippen molar-refractivity contribution in [3.63, 3.8) is 0 Å². The second-order valence-electron chi connectivity index (χ2n) is 10.9. The van der Waals surface area contributed by atoms with E-state index in [9.17, 15) is 9.59 Å². The number of nitrogens with zero attached hydrogens (tertiary/aromatic N) is 1. The lowest BCUT2D eigenvalue weighted by molar-refractivity contribution is -0.116. The molecule has 44 heavy (non-hydrogen) atoms. The van der Waals surface area contributed by atoms with Crippen LogP contribution in [0.4, 0.5) is 0 Å². The van der Waals surface area contributed by atoms with Crippen molar-refractivity contribution in [2.75, 3.05) is 28.3 Å². The van der Waals surface area contributed by atoms with Gasteiger partial charge in [0.15, 0.2) is 0 Å². The van der Waals surface area contributed by atoms with Gasteiger partial charge < -0.3 is 15.4 Å². The van der Waals surface area contributed by atoms with Gasteiger partial charge in [-0.2, -0.15) is 0 Å². The quantitative estimate of drug-likeness (QED) is 0.261. The van der Waals surface area contributed by atoms with Crippen molar-refractivity contribution in [2.24, 2.45) is 11.7 Å². The number of methoxy groups -OCH3 is 1. The maximum atomic E-state index is 12.1. The number of amides is 1. The second kappa shape index (κ2) is 19.6. The summed E-state index contributed by atoms with van der Waals surface area (Å²) < 4.78 is 5.60. The Balaban J connectivity index is 0.000000331. The number of ketones is 1. The Hall–Kier alpha value is -2.80. The number of hydrogen-bond acceptors (Lipinski definition) is 5. The molecule has 1 heterocycles. The molecule has 2 atom stereocenters. The zero-order valence-corrected chi connectivity index (χ0v) is 29.1. The van der Waals surface area contributed by atoms with Crippen molar-refractivity contribution < 1.29 is 14.3 Å². The lowest BCUT2D eigenvalue weighted by atomic mass is 9.85. The first-order valence-electron chi connectivity index (χ1n) is 15.7. The maximum absolute atomic E-state index is 12.1. The Morgan fingerprint density at radius 1 is 0.932 bits per heavy atom. The molecule has 2 aliphatic rings. The molecule has 2 N–H and O–H groups in total. The van der Waals surface area contributed by atoms with Crippen LogP contribution in [0.5, 0.6) is 5.75 Å². The Kier molecular flexibility index (Phi) is 16.6. The molecule has 2 unspecified atom stereocenters. The first kappa shape index (κ1) is 37.4. The average molecular weight is 639 g/mol. The van der Waals surface area contributed by atoms with Gasteiger partial charge in [-0.05, 0) is 85.3 Å². The van der Waals surface area contributed by atoms with Crippen LogP contribution in [0.1, 0.15) is 86.2 Å². The molecule has 1 saturated carbocycles. The van der Waals surface area contributed by atoms with Gasteiger partial charge in [-0.3, -0.25) is 9.59 Å². The van der Waals surface area contributed by atoms with Crippen LogP contribution < -0.4 is 10.5 Å². The minimum atomic E-state index is -0.154. The average Bonchev–Trinajstić information content (AvgIpc) is 3.42. The second-order valence-corrected chi connectivity index (χ2v) is 12.6. The summed E-state index contributed by atoms with van der Waals surface area (Å²) in [7, 11) is 6.80. The Morgan fingerprint density at radius 2 is 1.55 bits per heavy atom. The molecule has 1 aliphatic carbocycles. The van der Waals surface area contributed by atoms with Crippen molar-refractivity contribution in [3.05, 3.63) is 83.4 Å². The van der Waals surface area contributed by atoms with Crippen LogP contribution in [-0.4, -0.2) is 50.1 Å². The minimum absolute atomic E-state index is 0.0319. The summed E-state index contributed by atoms with van der Waals surface area (Å²) in [5, 5.41) is -0.252. The van der Waals surface area contributed by atoms with E-state index in [4.69, 9.17) is 16.3 Å². The molecule has 0 radical (unpaired) electrons. The minimum Gasteiger partial charge on any atom is -0.496 e. The number of halogens is 1. The van der Waals surface area contributed by atoms with Crippen LogP contribution in [-0.2, 0) is 11.2 Å². The van der Waals surface area contributed by atoms with E-state index in [0.29, 0.717) is 0 Å². The number of nitrogens with two attached hydrogens (primary N) is 1. The van der Waals surface area contributed by atoms with E-state index in [1.807, 2.05) is 62.4 Å². The number of carbonyl (C=O) groups is 2. The van der Waals surface area contributed by atoms with E-state index in [1.165, 1.54) is 56.7 Å². The van der Waals surface area contributed by atoms with Gasteiger partial charge >= 0.3 is 0 Å². The molecule has 3 aromatic rings. The zero-order chi connectivity index (χ0) is 32.6. The van der Waals surface area contributed by atoms with Crippen molar-refractivity contribution >= 4 is 35.1 Å². The van der Waals surface area contributed by atoms with Gasteiger partial charge in [0.1, 0.15) is 11.5 Å². The molecule has 3 aromatic carbocycles. The van der Waals surface area contributed by atoms with Gasteiger partial charge in [0.25, 0.3) is 5.91 Å². The van der Waals surface area contributed by atoms with Crippen LogP contribution >= 0.6 is 23.4 Å². The Bertz CT molecular complexity index is 1310. The summed E-state index contributed by atoms with van der Waals surface area (Å²) in [5.41, 5.74) is 9.91. The van der Waals surface area contributed by atoms with E-state index >= 15 is 0 Å². The van der Waals surface area contributed by atoms with Crippen LogP contribution in [0.15, 0.2) is 71.6 Å². The van der Waals surface area contributed by atoms with E-state index in [0.717, 1.165) is 39.7 Å². The van der Waals surface area contributed by atoms with Gasteiger partial charge in [-0.25, -0.2) is 0 Å². The third-order valence-electron chi connectivity index (χ3n) is 7.83. The largest absolute Gasteiger partial charge is 0.496 e. The summed E-state index contributed by atoms with van der Waals surface area (Å²) in [6.07, 6.45) is 9.25. The monoisotopic (exact) mass is 638 g/mol. The van der Waals surface area contributed by atoms with Gasteiger partial charge in [0.05, 0.1) is 17.7 Å². The number of fused-ring (bicyclic) bond motifs is 1. The van der Waals surface area contributed by atoms with Crippen LogP contribution in [0.2, 0.25) is 0 Å². The fourth-order valence-electron chi connectivity index (χ4n) is 5.52. The number of ether oxygens (including phenoxy) is 1. The fraction of sp³-hybridized carbons (Fsp3) is 0.459. The van der Waals surface area contributed by atoms with E-state index in [2.05, 4.69) is 23.9 Å². The lowest BCUT2D eigenvalue weighted by Gasteiger charge is -2.22. The first-order valence-corrected chi connectivity index (χ1v) is 17.1. The summed E-state index contributed by atoms with van der Waals surface area (Å²) in [5.74, 6) is 2.03. The first-order chi connectivity index (χ1) is 21.3. The maximum Gasteiger partial charge on any atom is 0.253 e. The summed E-state index contributed by atoms with van der Waals surface area (Å²) in [6, 6.07) is 22.2. The molecule has 0 aromatic heterocycles. The van der Waals surface area contributed by atoms with E-state index in [1.54, 1.807) is 44.8 Å². The molecule has 0 saturated heterocycles. The molecular weight excluding hydrogens is 588 g/mol. The van der Waals surface area contributed by atoms with Gasteiger partial charge in [0.2, 0.25) is 0 Å². The lowest BCUT2D eigenvalue weighted by Crippen LogP contribution is -2.21. The molecule has 1 amide bonds. The molecule has 0 spiro atoms. The number of aryl methyl sites for hydroxylation is 1. The highest BCUT2D eigenvalue weighted by Crippen LogP contribution is 2.47. The van der Waals surface area contributed by atoms with Gasteiger partial charge in [0, 0.05) is 24.6 Å². The third-order valence-corrected chi connectivity index (χ3v) is 9.96. The Labute approximate surface area is 274 Å². The normalized spacial score (nSPS) is 16.9. The van der Waals surface area contributed by atoms with Crippen LogP contribution in [0, 0.1) is 5.92 Å². The number of Topliss-reactive ketones (excluding diaryl/α,β-unsaturated/α-hetero) is 1. The summed E-state index contributed by atoms with van der Waals surface area (Å²) in [6.45, 7) is 5.60. The van der Waals surface area contributed by atoms with Crippen LogP contribution in [0.25, 0.3) is 11.1 Å². The number of carbonyl (C=O) groups excluding carboxylic acids is 2. The Morgan fingerprint density at radius 3 is 2.11 bits per heavy atom. The predicted octanol–water partition coefficient (Wildman–Crippen LogP) is 9.21. The fourth-order valence-corrected chi connectivity index (χ4v) is 7.30. The highest BCUT2D eigenvalue weighted by Gasteiger charge is 2.34. The van der Waals surface area contributed by atoms with Crippen molar-refractivity contribution in [1.29, 1.82) is 0 Å². The zero-order valence-electron chi connectivity index (χ0n) is 27.6. The molecular formula is C37H51ClN2O3S. The number of thioether (sulfide) groups is 1. The molecule has 1 fully saturated rings. The molecule has 240 valence electrons. The smallest absolute Gasteiger partial charge is 0.253 e. The molecule has 7 heteroatoms. The molecule has 5 rings (SSSR count). The predicted molar refractivity (Wildman–Crippen MR) is 188 cm³/mol. The van der Waals surface area contributed by atoms with Crippen molar-refractivity contribution in [2.45, 2.75) is 81.2 Å². The number of hydrogen-bond donors (Lipinski definition) is 1.